The number of nitrogens with one attached hydrogen (secondary N) is 1. The molecule has 7 atom stereocenters. The molecule has 2 aliphatic carbocycles. The molecule has 6 nitrogen and oxygen atoms in total. The summed E-state index contributed by atoms with van der Waals surface area (Å²) >= 11 is 6.37. The van der Waals surface area contributed by atoms with E-state index in [0.29, 0.717) is 47.8 Å². The third-order valence-electron chi connectivity index (χ3n) is 10.8. The Bertz CT molecular complexity index is 691. The van der Waals surface area contributed by atoms with Gasteiger partial charge in [-0.05, 0) is 127 Å². The van der Waals surface area contributed by atoms with Crippen molar-refractivity contribution in [1.82, 2.24) is 10.2 Å². The average Bonchev–Trinajstić information content (AvgIpc) is 3.07. The molecule has 2 aliphatic heterocycles. The van der Waals surface area contributed by atoms with E-state index in [1.54, 1.807) is 0 Å². The molecule has 0 amide bonds. The van der Waals surface area contributed by atoms with Crippen LogP contribution in [0.4, 0.5) is 0 Å². The van der Waals surface area contributed by atoms with Gasteiger partial charge in [-0.2, -0.15) is 0 Å². The summed E-state index contributed by atoms with van der Waals surface area (Å²) in [4.78, 5) is 2.45. The van der Waals surface area contributed by atoms with E-state index in [1.165, 1.54) is 25.7 Å². The molecule has 3 N–H and O–H groups in total. The predicted molar refractivity (Wildman–Crippen MR) is 155 cm³/mol. The zero-order chi connectivity index (χ0) is 27.1. The minimum atomic E-state index is -0.593. The van der Waals surface area contributed by atoms with Gasteiger partial charge in [-0.3, -0.25) is 0 Å². The minimum absolute atomic E-state index is 0.103. The van der Waals surface area contributed by atoms with Gasteiger partial charge in [-0.15, -0.1) is 11.6 Å². The summed E-state index contributed by atoms with van der Waals surface area (Å²) in [6, 6.07) is 0.484. The summed E-state index contributed by atoms with van der Waals surface area (Å²) in [5, 5.41) is 25.1. The van der Waals surface area contributed by atoms with Crippen LogP contribution in [0.1, 0.15) is 90.9 Å². The Kier molecular flexibility index (Phi) is 12.1. The maximum atomic E-state index is 11.7. The van der Waals surface area contributed by atoms with Crippen LogP contribution < -0.4 is 5.32 Å². The molecule has 7 heteroatoms. The summed E-state index contributed by atoms with van der Waals surface area (Å²) in [5.74, 6) is 2.53. The molecule has 0 aromatic rings. The van der Waals surface area contributed by atoms with Crippen LogP contribution in [-0.2, 0) is 9.47 Å². The van der Waals surface area contributed by atoms with Crippen molar-refractivity contribution >= 4 is 11.6 Å². The summed E-state index contributed by atoms with van der Waals surface area (Å²) in [6.07, 6.45) is 13.8. The van der Waals surface area contributed by atoms with Crippen LogP contribution in [0.5, 0.6) is 0 Å². The number of aliphatic hydroxyl groups excluding tert-OH is 1. The Morgan fingerprint density at radius 2 is 1.87 bits per heavy atom. The fourth-order valence-corrected chi connectivity index (χ4v) is 8.66. The fraction of sp³-hybridized carbons (Fsp3) is 1.00. The Morgan fingerprint density at radius 1 is 1.08 bits per heavy atom. The second-order valence-corrected chi connectivity index (χ2v) is 14.0. The lowest BCUT2D eigenvalue weighted by molar-refractivity contribution is -0.0810. The van der Waals surface area contributed by atoms with Crippen molar-refractivity contribution in [3.05, 3.63) is 0 Å². The van der Waals surface area contributed by atoms with Crippen LogP contribution >= 0.6 is 11.6 Å². The zero-order valence-electron chi connectivity index (χ0n) is 24.5. The van der Waals surface area contributed by atoms with E-state index in [0.717, 1.165) is 77.6 Å². The molecule has 0 radical (unpaired) electrons. The number of aliphatic hydroxyl groups is 2. The lowest BCUT2D eigenvalue weighted by atomic mass is 9.67. The number of rotatable bonds is 12. The van der Waals surface area contributed by atoms with Gasteiger partial charge in [-0.25, -0.2) is 0 Å². The number of alkyl halides is 1. The lowest BCUT2D eigenvalue weighted by Gasteiger charge is -2.43. The van der Waals surface area contributed by atoms with Crippen molar-refractivity contribution in [1.29, 1.82) is 0 Å². The highest BCUT2D eigenvalue weighted by Gasteiger charge is 2.45. The van der Waals surface area contributed by atoms with Crippen LogP contribution in [0.15, 0.2) is 0 Å². The Balaban J connectivity index is 1.32. The van der Waals surface area contributed by atoms with E-state index < -0.39 is 5.60 Å². The van der Waals surface area contributed by atoms with Crippen LogP contribution in [-0.4, -0.2) is 90.8 Å². The van der Waals surface area contributed by atoms with Crippen LogP contribution in [0.3, 0.4) is 0 Å². The number of piperidine rings is 1. The Hall–Kier alpha value is 0.0500. The second kappa shape index (κ2) is 14.8. The quantitative estimate of drug-likeness (QED) is 0.299. The van der Waals surface area contributed by atoms with Gasteiger partial charge in [0.05, 0.1) is 37.6 Å². The van der Waals surface area contributed by atoms with Crippen molar-refractivity contribution in [3.63, 3.8) is 0 Å². The van der Waals surface area contributed by atoms with Crippen LogP contribution in [0.25, 0.3) is 0 Å². The average molecular weight is 557 g/mol. The third-order valence-corrected chi connectivity index (χ3v) is 11.2. The van der Waals surface area contributed by atoms with E-state index in [9.17, 15) is 10.2 Å². The molecule has 38 heavy (non-hydrogen) atoms. The second-order valence-electron chi connectivity index (χ2n) is 13.4. The molecule has 7 unspecified atom stereocenters. The standard InChI is InChI=1S/C31H57ClN2O4/c1-22(2)31(36,23-8-10-24(32)11-9-23)14-17-34(3)16-5-7-26-27-6-4-15-33-29(27)21-38-30-13-12-25(20-28(26)30)37-19-18-35/h22-30,33,35-36H,4-21H2,1-3H3. The van der Waals surface area contributed by atoms with Crippen molar-refractivity contribution in [2.75, 3.05) is 46.5 Å². The molecule has 4 fully saturated rings. The van der Waals surface area contributed by atoms with Crippen molar-refractivity contribution in [2.24, 2.45) is 29.6 Å². The van der Waals surface area contributed by atoms with Gasteiger partial charge in [0.15, 0.2) is 0 Å². The Morgan fingerprint density at radius 3 is 2.61 bits per heavy atom. The van der Waals surface area contributed by atoms with Gasteiger partial charge < -0.3 is 29.9 Å². The first-order valence-corrected chi connectivity index (χ1v) is 16.4. The van der Waals surface area contributed by atoms with Gasteiger partial charge >= 0.3 is 0 Å². The Labute approximate surface area is 237 Å². The fourth-order valence-electron chi connectivity index (χ4n) is 8.41. The molecule has 2 saturated carbocycles. The maximum absolute atomic E-state index is 11.7. The van der Waals surface area contributed by atoms with E-state index in [2.05, 4.69) is 31.1 Å². The molecule has 0 spiro atoms. The summed E-state index contributed by atoms with van der Waals surface area (Å²) < 4.78 is 12.6. The summed E-state index contributed by atoms with van der Waals surface area (Å²) in [7, 11) is 2.24. The summed E-state index contributed by atoms with van der Waals surface area (Å²) in [6.45, 7) is 8.91. The molecular weight excluding hydrogens is 500 g/mol. The monoisotopic (exact) mass is 556 g/mol. The molecule has 0 aromatic carbocycles. The first kappa shape index (κ1) is 31.0. The molecular formula is C31H57ClN2O4. The number of hydrogen-bond acceptors (Lipinski definition) is 6. The summed E-state index contributed by atoms with van der Waals surface area (Å²) in [5.41, 5.74) is -0.593. The molecule has 0 bridgehead atoms. The van der Waals surface area contributed by atoms with Gasteiger partial charge in [0.1, 0.15) is 0 Å². The molecule has 222 valence electrons. The smallest absolute Gasteiger partial charge is 0.0710 e. The van der Waals surface area contributed by atoms with Gasteiger partial charge in [0, 0.05) is 18.0 Å². The molecule has 2 heterocycles. The molecule has 2 saturated heterocycles. The van der Waals surface area contributed by atoms with E-state index in [-0.39, 0.29) is 18.6 Å². The lowest BCUT2D eigenvalue weighted by Crippen LogP contribution is -2.47. The highest BCUT2D eigenvalue weighted by atomic mass is 35.5. The van der Waals surface area contributed by atoms with Crippen molar-refractivity contribution in [3.8, 4) is 0 Å². The van der Waals surface area contributed by atoms with Crippen LogP contribution in [0, 0.1) is 29.6 Å². The predicted octanol–water partition coefficient (Wildman–Crippen LogP) is 4.83. The van der Waals surface area contributed by atoms with E-state index >= 15 is 0 Å². The van der Waals surface area contributed by atoms with Gasteiger partial charge in [-0.1, -0.05) is 13.8 Å². The topological polar surface area (TPSA) is 74.2 Å². The molecule has 4 rings (SSSR count). The highest BCUT2D eigenvalue weighted by molar-refractivity contribution is 6.20. The van der Waals surface area contributed by atoms with Crippen molar-refractivity contribution in [2.45, 2.75) is 120 Å². The minimum Gasteiger partial charge on any atom is -0.394 e. The normalized spacial score (nSPS) is 37.9. The van der Waals surface area contributed by atoms with Gasteiger partial charge in [0.2, 0.25) is 0 Å². The SMILES string of the molecule is CC(C)C(O)(CCN(C)CCCC1C2CCCNC2COC2CCC(OCCO)CC21)C1CCC(Cl)CC1. The molecule has 4 aliphatic rings. The first-order chi connectivity index (χ1) is 18.3. The highest BCUT2D eigenvalue weighted by Crippen LogP contribution is 2.45. The van der Waals surface area contributed by atoms with E-state index in [1.807, 2.05) is 0 Å². The zero-order valence-corrected chi connectivity index (χ0v) is 25.2. The number of hydrogen-bond donors (Lipinski definition) is 3. The first-order valence-electron chi connectivity index (χ1n) is 15.9. The van der Waals surface area contributed by atoms with E-state index in [4.69, 9.17) is 21.1 Å². The third kappa shape index (κ3) is 7.86. The van der Waals surface area contributed by atoms with Crippen LogP contribution in [0.2, 0.25) is 0 Å². The molecule has 0 aromatic heterocycles. The number of ether oxygens (including phenoxy) is 2. The number of fused-ring (bicyclic) bond motifs is 2. The van der Waals surface area contributed by atoms with Crippen molar-refractivity contribution < 1.29 is 19.7 Å². The largest absolute Gasteiger partial charge is 0.394 e. The number of halogens is 1. The van der Waals surface area contributed by atoms with Gasteiger partial charge in [0.25, 0.3) is 0 Å². The maximum Gasteiger partial charge on any atom is 0.0710 e. The number of nitrogens with zero attached hydrogens (tertiary/aromatic N) is 1.